The van der Waals surface area contributed by atoms with Gasteiger partial charge in [0.05, 0.1) is 24.5 Å². The third kappa shape index (κ3) is 5.65. The van der Waals surface area contributed by atoms with E-state index in [2.05, 4.69) is 44.9 Å². The third-order valence-electron chi connectivity index (χ3n) is 5.45. The van der Waals surface area contributed by atoms with Crippen molar-refractivity contribution in [1.82, 2.24) is 20.6 Å². The molecule has 0 saturated heterocycles. The number of nitrogens with one attached hydrogen (secondary N) is 2. The number of hydrogen-bond donors (Lipinski definition) is 2. The fraction of sp³-hybridized carbons (Fsp3) is 0.333. The maximum atomic E-state index is 5.52. The van der Waals surface area contributed by atoms with Gasteiger partial charge in [-0.15, -0.1) is 17.0 Å². The van der Waals surface area contributed by atoms with Gasteiger partial charge in [0.2, 0.25) is 0 Å². The zero-order chi connectivity index (χ0) is 19.9. The van der Waals surface area contributed by atoms with Crippen LogP contribution < -0.4 is 15.4 Å². The molecule has 0 bridgehead atoms. The number of aromatic nitrogens is 2. The molecular weight excluding hydrogens is 440 g/mol. The van der Waals surface area contributed by atoms with E-state index < -0.39 is 0 Å². The van der Waals surface area contributed by atoms with E-state index >= 15 is 0 Å². The molecular formula is C24H29BrN4O. The van der Waals surface area contributed by atoms with Crippen LogP contribution in [0.4, 0.5) is 0 Å². The van der Waals surface area contributed by atoms with Crippen LogP contribution in [0.5, 0.6) is 5.75 Å². The summed E-state index contributed by atoms with van der Waals surface area (Å²) in [5.41, 5.74) is 6.03. The van der Waals surface area contributed by atoms with Crippen LogP contribution in [0.15, 0.2) is 60.9 Å². The van der Waals surface area contributed by atoms with Crippen LogP contribution in [0.25, 0.3) is 0 Å². The molecule has 4 rings (SSSR count). The smallest absolute Gasteiger partial charge is 0.125 e. The summed E-state index contributed by atoms with van der Waals surface area (Å²) in [7, 11) is 1.74. The van der Waals surface area contributed by atoms with Gasteiger partial charge < -0.3 is 15.4 Å². The number of nitrogens with zero attached hydrogens (tertiary/aromatic N) is 2. The maximum Gasteiger partial charge on any atom is 0.125 e. The molecule has 1 unspecified atom stereocenters. The minimum Gasteiger partial charge on any atom is -0.496 e. The number of ether oxygens (including phenoxy) is 1. The molecule has 2 heterocycles. The SMILES string of the molecule is Br.COc1ccnc2c1CCCC2NCc1ccc(CNCc2ccccn2)cc1. The van der Waals surface area contributed by atoms with Gasteiger partial charge in [-0.25, -0.2) is 0 Å². The summed E-state index contributed by atoms with van der Waals surface area (Å²) < 4.78 is 5.52. The number of halogens is 1. The zero-order valence-corrected chi connectivity index (χ0v) is 19.0. The van der Waals surface area contributed by atoms with Gasteiger partial charge in [-0.1, -0.05) is 30.3 Å². The standard InChI is InChI=1S/C24H28N4O.BrH/c1-29-23-12-14-27-24-21(23)6-4-7-22(24)28-16-19-10-8-18(9-11-19)15-25-17-20-5-2-3-13-26-20;/h2-3,5,8-14,22,25,28H,4,6-7,15-17H2,1H3;1H. The normalized spacial score (nSPS) is 15.2. The molecule has 2 N–H and O–H groups in total. The highest BCUT2D eigenvalue weighted by Crippen LogP contribution is 2.33. The van der Waals surface area contributed by atoms with Crippen molar-refractivity contribution in [3.8, 4) is 5.75 Å². The highest BCUT2D eigenvalue weighted by molar-refractivity contribution is 8.93. The number of fused-ring (bicyclic) bond motifs is 1. The average molecular weight is 469 g/mol. The second-order valence-electron chi connectivity index (χ2n) is 7.44. The molecule has 158 valence electrons. The summed E-state index contributed by atoms with van der Waals surface area (Å²) in [6.45, 7) is 2.45. The lowest BCUT2D eigenvalue weighted by molar-refractivity contribution is 0.391. The first kappa shape index (κ1) is 22.4. The molecule has 30 heavy (non-hydrogen) atoms. The number of methoxy groups -OCH3 is 1. The van der Waals surface area contributed by atoms with Crippen LogP contribution in [0.1, 0.15) is 47.0 Å². The van der Waals surface area contributed by atoms with Crippen molar-refractivity contribution in [2.75, 3.05) is 7.11 Å². The number of rotatable bonds is 8. The summed E-state index contributed by atoms with van der Waals surface area (Å²) in [5.74, 6) is 0.962. The highest BCUT2D eigenvalue weighted by Gasteiger charge is 2.23. The first-order chi connectivity index (χ1) is 14.3. The Hall–Kier alpha value is -2.28. The van der Waals surface area contributed by atoms with Crippen molar-refractivity contribution in [3.05, 3.63) is 89.0 Å². The largest absolute Gasteiger partial charge is 0.496 e. The van der Waals surface area contributed by atoms with Gasteiger partial charge in [0.15, 0.2) is 0 Å². The fourth-order valence-electron chi connectivity index (χ4n) is 3.90. The van der Waals surface area contributed by atoms with Gasteiger partial charge >= 0.3 is 0 Å². The second-order valence-corrected chi connectivity index (χ2v) is 7.44. The molecule has 0 amide bonds. The average Bonchev–Trinajstić information content (AvgIpc) is 2.79. The Labute approximate surface area is 189 Å². The molecule has 5 nitrogen and oxygen atoms in total. The lowest BCUT2D eigenvalue weighted by Crippen LogP contribution is -2.26. The van der Waals surface area contributed by atoms with E-state index in [1.807, 2.05) is 36.7 Å². The van der Waals surface area contributed by atoms with Crippen LogP contribution in [-0.2, 0) is 26.1 Å². The molecule has 2 aromatic heterocycles. The predicted molar refractivity (Wildman–Crippen MR) is 125 cm³/mol. The van der Waals surface area contributed by atoms with E-state index in [0.717, 1.165) is 56.0 Å². The molecule has 0 spiro atoms. The number of benzene rings is 1. The van der Waals surface area contributed by atoms with Gasteiger partial charge in [-0.3, -0.25) is 9.97 Å². The molecule has 0 radical (unpaired) electrons. The molecule has 3 aromatic rings. The second kappa shape index (κ2) is 11.2. The summed E-state index contributed by atoms with van der Waals surface area (Å²) in [6.07, 6.45) is 7.00. The van der Waals surface area contributed by atoms with Gasteiger partial charge in [0.25, 0.3) is 0 Å². The van der Waals surface area contributed by atoms with E-state index in [0.29, 0.717) is 0 Å². The van der Waals surface area contributed by atoms with Crippen molar-refractivity contribution in [2.45, 2.75) is 44.9 Å². The van der Waals surface area contributed by atoms with Gasteiger partial charge in [0, 0.05) is 37.6 Å². The summed E-state index contributed by atoms with van der Waals surface area (Å²) >= 11 is 0. The van der Waals surface area contributed by atoms with Crippen LogP contribution in [0.2, 0.25) is 0 Å². The molecule has 1 atom stereocenters. The van der Waals surface area contributed by atoms with Crippen molar-refractivity contribution >= 4 is 17.0 Å². The fourth-order valence-corrected chi connectivity index (χ4v) is 3.90. The lowest BCUT2D eigenvalue weighted by atomic mass is 9.91. The van der Waals surface area contributed by atoms with E-state index in [-0.39, 0.29) is 23.0 Å². The van der Waals surface area contributed by atoms with Gasteiger partial charge in [-0.2, -0.15) is 0 Å². The minimum atomic E-state index is 0. The van der Waals surface area contributed by atoms with Gasteiger partial charge in [0.1, 0.15) is 5.75 Å². The molecule has 1 aromatic carbocycles. The van der Waals surface area contributed by atoms with Crippen molar-refractivity contribution in [1.29, 1.82) is 0 Å². The summed E-state index contributed by atoms with van der Waals surface area (Å²) in [5, 5.41) is 7.13. The lowest BCUT2D eigenvalue weighted by Gasteiger charge is -2.26. The van der Waals surface area contributed by atoms with E-state index in [1.165, 1.54) is 16.7 Å². The Morgan fingerprint density at radius 2 is 1.73 bits per heavy atom. The molecule has 0 aliphatic heterocycles. The highest BCUT2D eigenvalue weighted by atomic mass is 79.9. The van der Waals surface area contributed by atoms with Crippen molar-refractivity contribution in [2.24, 2.45) is 0 Å². The topological polar surface area (TPSA) is 59.1 Å². The number of pyridine rings is 2. The minimum absolute atomic E-state index is 0. The monoisotopic (exact) mass is 468 g/mol. The Morgan fingerprint density at radius 3 is 2.47 bits per heavy atom. The molecule has 0 fully saturated rings. The molecule has 1 aliphatic carbocycles. The van der Waals surface area contributed by atoms with Crippen LogP contribution >= 0.6 is 17.0 Å². The maximum absolute atomic E-state index is 5.52. The van der Waals surface area contributed by atoms with Crippen molar-refractivity contribution < 1.29 is 4.74 Å². The first-order valence-electron chi connectivity index (χ1n) is 10.3. The van der Waals surface area contributed by atoms with E-state index in [9.17, 15) is 0 Å². The Morgan fingerprint density at radius 1 is 0.933 bits per heavy atom. The quantitative estimate of drug-likeness (QED) is 0.508. The zero-order valence-electron chi connectivity index (χ0n) is 17.3. The molecule has 0 saturated carbocycles. The van der Waals surface area contributed by atoms with Crippen LogP contribution in [0, 0.1) is 0 Å². The summed E-state index contributed by atoms with van der Waals surface area (Å²) in [6, 6.07) is 17.0. The van der Waals surface area contributed by atoms with Gasteiger partial charge in [-0.05, 0) is 48.6 Å². The van der Waals surface area contributed by atoms with Crippen LogP contribution in [-0.4, -0.2) is 17.1 Å². The molecule has 1 aliphatic rings. The molecule has 6 heteroatoms. The van der Waals surface area contributed by atoms with Crippen LogP contribution in [0.3, 0.4) is 0 Å². The van der Waals surface area contributed by atoms with Crippen molar-refractivity contribution in [3.63, 3.8) is 0 Å². The predicted octanol–water partition coefficient (Wildman–Crippen LogP) is 4.52. The Balaban J connectivity index is 0.00000256. The first-order valence-corrected chi connectivity index (χ1v) is 10.3. The number of hydrogen-bond acceptors (Lipinski definition) is 5. The third-order valence-corrected chi connectivity index (χ3v) is 5.45. The van der Waals surface area contributed by atoms with E-state index in [1.54, 1.807) is 7.11 Å². The Kier molecular flexibility index (Phi) is 8.37. The van der Waals surface area contributed by atoms with E-state index in [4.69, 9.17) is 4.74 Å². The summed E-state index contributed by atoms with van der Waals surface area (Å²) in [4.78, 5) is 8.97. The Bertz CT molecular complexity index is 918.